The Hall–Kier alpha value is -3.96. The van der Waals surface area contributed by atoms with Crippen molar-refractivity contribution < 1.29 is 29.3 Å². The average Bonchev–Trinajstić information content (AvgIpc) is 3.82. The number of hydrogen-bond acceptors (Lipinski definition) is 9. The molecule has 0 radical (unpaired) electrons. The zero-order valence-electron chi connectivity index (χ0n) is 32.4. The minimum absolute atomic E-state index is 0.166. The number of aliphatic hydroxyl groups is 2. The summed E-state index contributed by atoms with van der Waals surface area (Å²) in [6, 6.07) is 12.1. The monoisotopic (exact) mass is 734 g/mol. The molecule has 1 spiro atoms. The van der Waals surface area contributed by atoms with Crippen LogP contribution in [0.3, 0.4) is 0 Å². The molecule has 1 aromatic heterocycles. The lowest BCUT2D eigenvalue weighted by molar-refractivity contribution is -0.228. The second kappa shape index (κ2) is 12.3. The van der Waals surface area contributed by atoms with E-state index in [1.165, 1.54) is 36.3 Å². The van der Waals surface area contributed by atoms with Gasteiger partial charge < -0.3 is 29.6 Å². The van der Waals surface area contributed by atoms with E-state index in [0.717, 1.165) is 73.5 Å². The largest absolute Gasteiger partial charge is 0.467 e. The number of carbonyl (C=O) groups is 2. The van der Waals surface area contributed by atoms with Crippen molar-refractivity contribution in [1.82, 2.24) is 14.8 Å². The summed E-state index contributed by atoms with van der Waals surface area (Å²) < 4.78 is 11.6. The fourth-order valence-electron chi connectivity index (χ4n) is 12.8. The molecule has 9 atom stereocenters. The predicted octanol–water partition coefficient (Wildman–Crippen LogP) is 5.08. The number of aromatic nitrogens is 1. The van der Waals surface area contributed by atoms with Gasteiger partial charge in [0.1, 0.15) is 0 Å². The van der Waals surface area contributed by atoms with Gasteiger partial charge in [-0.3, -0.25) is 14.6 Å². The molecule has 6 heterocycles. The van der Waals surface area contributed by atoms with Crippen LogP contribution in [-0.4, -0.2) is 101 Å². The van der Waals surface area contributed by atoms with Crippen molar-refractivity contribution in [3.8, 4) is 0 Å². The molecule has 54 heavy (non-hydrogen) atoms. The van der Waals surface area contributed by atoms with Gasteiger partial charge in [-0.05, 0) is 79.5 Å². The van der Waals surface area contributed by atoms with Gasteiger partial charge in [-0.25, -0.2) is 4.79 Å². The van der Waals surface area contributed by atoms with Gasteiger partial charge in [0.15, 0.2) is 6.10 Å². The predicted molar refractivity (Wildman–Crippen MR) is 207 cm³/mol. The maximum Gasteiger partial charge on any atom is 0.344 e. The van der Waals surface area contributed by atoms with E-state index >= 15 is 0 Å². The number of carbonyl (C=O) groups excluding carboxylic acids is 2. The van der Waals surface area contributed by atoms with Crippen LogP contribution >= 0.6 is 0 Å². The van der Waals surface area contributed by atoms with Crippen molar-refractivity contribution in [2.24, 2.45) is 11.3 Å². The number of nitrogens with one attached hydrogen (secondary N) is 1. The van der Waals surface area contributed by atoms with Gasteiger partial charge in [-0.1, -0.05) is 61.9 Å². The van der Waals surface area contributed by atoms with Crippen LogP contribution in [0.25, 0.3) is 10.9 Å². The van der Waals surface area contributed by atoms with Crippen molar-refractivity contribution in [2.45, 2.75) is 101 Å². The molecule has 3 unspecified atom stereocenters. The number of methoxy groups -OCH3 is 1. The molecule has 286 valence electrons. The van der Waals surface area contributed by atoms with Gasteiger partial charge in [0.05, 0.1) is 19.8 Å². The lowest BCUT2D eigenvalue weighted by Gasteiger charge is -2.63. The number of rotatable bonds is 6. The standard InChI is InChI=1S/C44H54N4O6/c1-7-27-18-28-21-41(4,36-31(24-47(22-27)23-28)30-12-9-10-13-34(30)45-36)32-20-33-35(19-29(32)25-49)46(5)38-43(33)15-17-48-16-11-14-42(8-2,37(43)48)39(54-26(3)50)44(38,52)40(51)53-6/h9-14,18-20,28,37-39,45,49,52H,7-8,15-17,21-25H2,1-6H3/t28?,37-,38?,39+,41+,42+,43+,44-/m0/s1. The van der Waals surface area contributed by atoms with Crippen molar-refractivity contribution in [3.63, 3.8) is 0 Å². The van der Waals surface area contributed by atoms with E-state index in [0.29, 0.717) is 18.8 Å². The third-order valence-electron chi connectivity index (χ3n) is 14.7. The van der Waals surface area contributed by atoms with Crippen LogP contribution < -0.4 is 4.90 Å². The molecule has 0 amide bonds. The van der Waals surface area contributed by atoms with Gasteiger partial charge in [-0.15, -0.1) is 0 Å². The lowest BCUT2D eigenvalue weighted by atomic mass is 9.47. The highest BCUT2D eigenvalue weighted by Gasteiger charge is 2.80. The maximum absolute atomic E-state index is 14.3. The molecule has 3 aromatic rings. The van der Waals surface area contributed by atoms with Gasteiger partial charge in [0.2, 0.25) is 5.60 Å². The average molecular weight is 735 g/mol. The van der Waals surface area contributed by atoms with E-state index in [-0.39, 0.29) is 12.6 Å². The number of aromatic amines is 1. The van der Waals surface area contributed by atoms with Crippen molar-refractivity contribution in [3.05, 3.63) is 88.1 Å². The minimum Gasteiger partial charge on any atom is -0.467 e. The van der Waals surface area contributed by atoms with Crippen LogP contribution in [0.5, 0.6) is 0 Å². The number of esters is 2. The number of H-pyrrole nitrogens is 1. The summed E-state index contributed by atoms with van der Waals surface area (Å²) in [5, 5.41) is 25.8. The van der Waals surface area contributed by atoms with Gasteiger partial charge >= 0.3 is 11.9 Å². The lowest BCUT2D eigenvalue weighted by Crippen LogP contribution is -2.81. The Labute approximate surface area is 317 Å². The molecule has 6 aliphatic rings. The number of para-hydroxylation sites is 1. The first-order chi connectivity index (χ1) is 25.9. The number of anilines is 1. The third-order valence-corrected chi connectivity index (χ3v) is 14.7. The van der Waals surface area contributed by atoms with E-state index in [1.807, 2.05) is 11.9 Å². The van der Waals surface area contributed by atoms with Crippen LogP contribution in [0.15, 0.2) is 60.2 Å². The number of fused-ring (bicyclic) bond motifs is 6. The summed E-state index contributed by atoms with van der Waals surface area (Å²) in [4.78, 5) is 38.2. The van der Waals surface area contributed by atoms with Crippen LogP contribution in [-0.2, 0) is 43.0 Å². The SMILES string of the molecule is CCC1=CC2CN(C1)Cc1c([nH]c3ccccc13)[C@@](C)(c1cc3c(cc1CO)N(C)C1[C@]34CCN3CC=C[C@@](CC)([C@@H](OC(C)=O)[C@]1(O)C(=O)OC)[C@H]34)C2. The number of likely N-dealkylation sites (N-methyl/N-ethyl adjacent to an activating group) is 1. The molecular formula is C44H54N4O6. The van der Waals surface area contributed by atoms with Crippen molar-refractivity contribution >= 4 is 28.5 Å². The highest BCUT2D eigenvalue weighted by Crippen LogP contribution is 2.68. The first kappa shape index (κ1) is 35.7. The van der Waals surface area contributed by atoms with Crippen molar-refractivity contribution in [2.75, 3.05) is 45.2 Å². The van der Waals surface area contributed by atoms with Crippen LogP contribution in [0.1, 0.15) is 81.3 Å². The van der Waals surface area contributed by atoms with Gasteiger partial charge in [-0.2, -0.15) is 0 Å². The molecule has 1 saturated heterocycles. The Bertz CT molecular complexity index is 2120. The van der Waals surface area contributed by atoms with E-state index < -0.39 is 45.9 Å². The molecule has 2 bridgehead atoms. The summed E-state index contributed by atoms with van der Waals surface area (Å²) in [5.41, 5.74) is 4.60. The number of hydrogen-bond donors (Lipinski definition) is 3. The quantitative estimate of drug-likeness (QED) is 0.235. The zero-order valence-corrected chi connectivity index (χ0v) is 32.4. The highest BCUT2D eigenvalue weighted by atomic mass is 16.6. The topological polar surface area (TPSA) is 119 Å². The second-order valence-corrected chi connectivity index (χ2v) is 17.2. The summed E-state index contributed by atoms with van der Waals surface area (Å²) in [6.07, 6.45) is 8.64. The minimum atomic E-state index is -2.20. The summed E-state index contributed by atoms with van der Waals surface area (Å²) >= 11 is 0. The molecule has 10 heteroatoms. The van der Waals surface area contributed by atoms with E-state index in [4.69, 9.17) is 9.47 Å². The number of benzene rings is 2. The van der Waals surface area contributed by atoms with Gasteiger partial charge in [0.25, 0.3) is 0 Å². The van der Waals surface area contributed by atoms with E-state index in [9.17, 15) is 19.8 Å². The zero-order chi connectivity index (χ0) is 37.9. The highest BCUT2D eigenvalue weighted by molar-refractivity contribution is 5.88. The van der Waals surface area contributed by atoms with E-state index in [2.05, 4.69) is 90.2 Å². The van der Waals surface area contributed by atoms with Crippen LogP contribution in [0, 0.1) is 11.3 Å². The van der Waals surface area contributed by atoms with Crippen LogP contribution in [0.4, 0.5) is 5.69 Å². The summed E-state index contributed by atoms with van der Waals surface area (Å²) in [5.74, 6) is -1.05. The number of aliphatic hydroxyl groups excluding tert-OH is 1. The van der Waals surface area contributed by atoms with Gasteiger partial charge in [0, 0.05) is 84.7 Å². The Morgan fingerprint density at radius 3 is 2.61 bits per heavy atom. The fraction of sp³-hybridized carbons (Fsp3) is 0.545. The maximum atomic E-state index is 14.3. The molecule has 3 N–H and O–H groups in total. The Kier molecular flexibility index (Phi) is 8.12. The summed E-state index contributed by atoms with van der Waals surface area (Å²) in [7, 11) is 3.22. The number of ether oxygens (including phenoxy) is 2. The summed E-state index contributed by atoms with van der Waals surface area (Å²) in [6.45, 7) is 12.1. The first-order valence-corrected chi connectivity index (χ1v) is 19.8. The van der Waals surface area contributed by atoms with E-state index in [1.54, 1.807) is 0 Å². The molecule has 10 nitrogen and oxygen atoms in total. The first-order valence-electron chi connectivity index (χ1n) is 19.8. The molecule has 2 fully saturated rings. The molecule has 2 aromatic carbocycles. The Morgan fingerprint density at radius 1 is 1.09 bits per heavy atom. The van der Waals surface area contributed by atoms with Crippen molar-refractivity contribution in [1.29, 1.82) is 0 Å². The molecule has 1 aliphatic carbocycles. The fourth-order valence-corrected chi connectivity index (χ4v) is 12.8. The molecule has 9 rings (SSSR count). The Morgan fingerprint density at radius 2 is 1.89 bits per heavy atom. The number of nitrogens with zero attached hydrogens (tertiary/aromatic N) is 3. The second-order valence-electron chi connectivity index (χ2n) is 17.2. The third kappa shape index (κ3) is 4.48. The smallest absolute Gasteiger partial charge is 0.344 e. The Balaban J connectivity index is 1.32. The normalized spacial score (nSPS) is 36.4. The molecule has 1 saturated carbocycles. The molecular weight excluding hydrogens is 681 g/mol. The van der Waals surface area contributed by atoms with Crippen LogP contribution in [0.2, 0.25) is 0 Å². The molecule has 5 aliphatic heterocycles.